The van der Waals surface area contributed by atoms with Gasteiger partial charge in [-0.15, -0.1) is 0 Å². The average Bonchev–Trinajstić information content (AvgIpc) is 2.67. The standard InChI is InChI=1S/C16H24N2O4S/c1-5-18-14-11(2)9-12(23(21,22)17-7-6-8-19)10-13(14)16(3,4)15(18)20/h9-10,17,19H,5-8H2,1-4H3. The molecule has 7 heteroatoms. The van der Waals surface area contributed by atoms with Crippen LogP contribution >= 0.6 is 0 Å². The molecule has 0 aliphatic carbocycles. The van der Waals surface area contributed by atoms with E-state index in [-0.39, 0.29) is 24.0 Å². The first kappa shape index (κ1) is 17.9. The number of rotatable bonds is 6. The third-order valence-corrected chi connectivity index (χ3v) is 5.69. The fourth-order valence-electron chi connectivity index (χ4n) is 2.96. The fraction of sp³-hybridized carbons (Fsp3) is 0.562. The summed E-state index contributed by atoms with van der Waals surface area (Å²) in [6.45, 7) is 8.03. The van der Waals surface area contributed by atoms with Crippen molar-refractivity contribution in [2.45, 2.75) is 44.4 Å². The van der Waals surface area contributed by atoms with Crippen LogP contribution < -0.4 is 9.62 Å². The number of amides is 1. The molecule has 0 saturated heterocycles. The second-order valence-electron chi connectivity index (χ2n) is 6.29. The lowest BCUT2D eigenvalue weighted by Crippen LogP contribution is -2.36. The zero-order valence-corrected chi connectivity index (χ0v) is 14.8. The van der Waals surface area contributed by atoms with Gasteiger partial charge < -0.3 is 10.0 Å². The van der Waals surface area contributed by atoms with Crippen molar-refractivity contribution in [1.82, 2.24) is 4.72 Å². The van der Waals surface area contributed by atoms with Crippen LogP contribution in [0.5, 0.6) is 0 Å². The molecule has 2 rings (SSSR count). The summed E-state index contributed by atoms with van der Waals surface area (Å²) in [5.41, 5.74) is 1.58. The number of benzene rings is 1. The maximum atomic E-state index is 12.6. The van der Waals surface area contributed by atoms with Crippen molar-refractivity contribution >= 4 is 21.6 Å². The Morgan fingerprint density at radius 3 is 2.52 bits per heavy atom. The zero-order valence-electron chi connectivity index (χ0n) is 14.0. The van der Waals surface area contributed by atoms with Crippen LogP contribution in [0.4, 0.5) is 5.69 Å². The molecule has 0 unspecified atom stereocenters. The Hall–Kier alpha value is -1.44. The summed E-state index contributed by atoms with van der Waals surface area (Å²) in [6.07, 6.45) is 0.358. The minimum atomic E-state index is -3.66. The van der Waals surface area contributed by atoms with Gasteiger partial charge in [-0.05, 0) is 57.4 Å². The number of nitrogens with zero attached hydrogens (tertiary/aromatic N) is 1. The highest BCUT2D eigenvalue weighted by Gasteiger charge is 2.44. The molecule has 23 heavy (non-hydrogen) atoms. The van der Waals surface area contributed by atoms with Gasteiger partial charge in [-0.25, -0.2) is 13.1 Å². The molecule has 1 aliphatic heterocycles. The van der Waals surface area contributed by atoms with Gasteiger partial charge in [-0.3, -0.25) is 4.79 Å². The maximum absolute atomic E-state index is 12.6. The average molecular weight is 340 g/mol. The van der Waals surface area contributed by atoms with Gasteiger partial charge in [0.1, 0.15) is 0 Å². The third-order valence-electron chi connectivity index (χ3n) is 4.25. The molecule has 0 atom stereocenters. The Bertz CT molecular complexity index is 726. The molecule has 1 aromatic rings. The molecule has 0 saturated carbocycles. The predicted molar refractivity (Wildman–Crippen MR) is 89.1 cm³/mol. The number of hydrogen-bond donors (Lipinski definition) is 2. The highest BCUT2D eigenvalue weighted by Crippen LogP contribution is 2.44. The van der Waals surface area contributed by atoms with Crippen LogP contribution in [-0.2, 0) is 20.2 Å². The summed E-state index contributed by atoms with van der Waals surface area (Å²) < 4.78 is 27.3. The number of aryl methyl sites for hydroxylation is 1. The number of aliphatic hydroxyl groups excluding tert-OH is 1. The van der Waals surface area contributed by atoms with Gasteiger partial charge in [0.05, 0.1) is 16.0 Å². The lowest BCUT2D eigenvalue weighted by molar-refractivity contribution is -0.122. The SMILES string of the molecule is CCN1C(=O)C(C)(C)c2cc(S(=O)(=O)NCCCO)cc(C)c21. The second-order valence-corrected chi connectivity index (χ2v) is 8.05. The van der Waals surface area contributed by atoms with Crippen molar-refractivity contribution in [2.24, 2.45) is 0 Å². The Balaban J connectivity index is 2.52. The molecule has 2 N–H and O–H groups in total. The molecular weight excluding hydrogens is 316 g/mol. The van der Waals surface area contributed by atoms with E-state index in [0.29, 0.717) is 13.0 Å². The summed E-state index contributed by atoms with van der Waals surface area (Å²) in [5, 5.41) is 8.78. The van der Waals surface area contributed by atoms with Crippen LogP contribution in [0.25, 0.3) is 0 Å². The molecule has 0 radical (unpaired) electrons. The zero-order chi connectivity index (χ0) is 17.4. The molecule has 1 aliphatic rings. The van der Waals surface area contributed by atoms with Crippen molar-refractivity contribution in [3.05, 3.63) is 23.3 Å². The molecule has 0 aromatic heterocycles. The molecule has 1 heterocycles. The van der Waals surface area contributed by atoms with Crippen LogP contribution in [0.2, 0.25) is 0 Å². The second kappa shape index (κ2) is 6.22. The Labute approximate surface area is 137 Å². The van der Waals surface area contributed by atoms with E-state index in [1.54, 1.807) is 17.0 Å². The summed E-state index contributed by atoms with van der Waals surface area (Å²) >= 11 is 0. The normalized spacial score (nSPS) is 16.7. The molecule has 0 spiro atoms. The molecule has 0 fully saturated rings. The van der Waals surface area contributed by atoms with Crippen molar-refractivity contribution in [2.75, 3.05) is 24.6 Å². The van der Waals surface area contributed by atoms with E-state index in [9.17, 15) is 13.2 Å². The first-order chi connectivity index (χ1) is 10.7. The molecule has 6 nitrogen and oxygen atoms in total. The number of carbonyl (C=O) groups is 1. The smallest absolute Gasteiger partial charge is 0.240 e. The topological polar surface area (TPSA) is 86.7 Å². The maximum Gasteiger partial charge on any atom is 0.240 e. The lowest BCUT2D eigenvalue weighted by atomic mass is 9.85. The van der Waals surface area contributed by atoms with E-state index in [2.05, 4.69) is 4.72 Å². The molecule has 1 amide bonds. The highest BCUT2D eigenvalue weighted by atomic mass is 32.2. The fourth-order valence-corrected chi connectivity index (χ4v) is 4.15. The van der Waals surface area contributed by atoms with E-state index in [0.717, 1.165) is 16.8 Å². The number of fused-ring (bicyclic) bond motifs is 1. The quantitative estimate of drug-likeness (QED) is 0.764. The van der Waals surface area contributed by atoms with Crippen LogP contribution in [-0.4, -0.2) is 39.1 Å². The third kappa shape index (κ3) is 3.00. The highest BCUT2D eigenvalue weighted by molar-refractivity contribution is 7.89. The van der Waals surface area contributed by atoms with E-state index >= 15 is 0 Å². The first-order valence-electron chi connectivity index (χ1n) is 7.74. The number of aliphatic hydroxyl groups is 1. The van der Waals surface area contributed by atoms with Gasteiger partial charge >= 0.3 is 0 Å². The minimum absolute atomic E-state index is 0.0131. The van der Waals surface area contributed by atoms with Crippen molar-refractivity contribution < 1.29 is 18.3 Å². The van der Waals surface area contributed by atoms with Gasteiger partial charge in [-0.1, -0.05) is 0 Å². The van der Waals surface area contributed by atoms with Gasteiger partial charge in [0.2, 0.25) is 15.9 Å². The van der Waals surface area contributed by atoms with Crippen LogP contribution in [0.3, 0.4) is 0 Å². The van der Waals surface area contributed by atoms with E-state index in [1.165, 1.54) is 0 Å². The summed E-state index contributed by atoms with van der Waals surface area (Å²) in [7, 11) is -3.66. The molecule has 1 aromatic carbocycles. The molecular formula is C16H24N2O4S. The Morgan fingerprint density at radius 1 is 1.30 bits per heavy atom. The molecule has 128 valence electrons. The monoisotopic (exact) mass is 340 g/mol. The van der Waals surface area contributed by atoms with Crippen LogP contribution in [0, 0.1) is 6.92 Å². The van der Waals surface area contributed by atoms with Gasteiger partial charge in [0, 0.05) is 19.7 Å². The van der Waals surface area contributed by atoms with Crippen molar-refractivity contribution in [1.29, 1.82) is 0 Å². The number of nitrogens with one attached hydrogen (secondary N) is 1. The number of sulfonamides is 1. The van der Waals surface area contributed by atoms with Gasteiger partial charge in [-0.2, -0.15) is 0 Å². The Kier molecular flexibility index (Phi) is 4.84. The minimum Gasteiger partial charge on any atom is -0.396 e. The number of likely N-dealkylation sites (N-methyl/N-ethyl adjacent to an activating group) is 1. The number of anilines is 1. The largest absolute Gasteiger partial charge is 0.396 e. The van der Waals surface area contributed by atoms with E-state index in [4.69, 9.17) is 5.11 Å². The lowest BCUT2D eigenvalue weighted by Gasteiger charge is -2.18. The van der Waals surface area contributed by atoms with E-state index < -0.39 is 15.4 Å². The van der Waals surface area contributed by atoms with Crippen LogP contribution in [0.15, 0.2) is 17.0 Å². The number of carbonyl (C=O) groups excluding carboxylic acids is 1. The summed E-state index contributed by atoms with van der Waals surface area (Å²) in [5.74, 6) is -0.0131. The summed E-state index contributed by atoms with van der Waals surface area (Å²) in [4.78, 5) is 14.4. The molecule has 0 bridgehead atoms. The van der Waals surface area contributed by atoms with E-state index in [1.807, 2.05) is 27.7 Å². The predicted octanol–water partition coefficient (Wildman–Crippen LogP) is 1.30. The van der Waals surface area contributed by atoms with Crippen LogP contribution in [0.1, 0.15) is 38.3 Å². The van der Waals surface area contributed by atoms with Crippen molar-refractivity contribution in [3.8, 4) is 0 Å². The summed E-state index contributed by atoms with van der Waals surface area (Å²) in [6, 6.07) is 3.19. The first-order valence-corrected chi connectivity index (χ1v) is 9.22. The van der Waals surface area contributed by atoms with Gasteiger partial charge in [0.25, 0.3) is 0 Å². The van der Waals surface area contributed by atoms with Crippen molar-refractivity contribution in [3.63, 3.8) is 0 Å². The number of hydrogen-bond acceptors (Lipinski definition) is 4. The van der Waals surface area contributed by atoms with Gasteiger partial charge in [0.15, 0.2) is 0 Å². The Morgan fingerprint density at radius 2 is 1.96 bits per heavy atom.